The van der Waals surface area contributed by atoms with Crippen molar-refractivity contribution < 1.29 is 19.1 Å². The van der Waals surface area contributed by atoms with Gasteiger partial charge in [-0.05, 0) is 0 Å². The van der Waals surface area contributed by atoms with Gasteiger partial charge in [0, 0.05) is 23.1 Å². The van der Waals surface area contributed by atoms with E-state index in [-0.39, 0.29) is 24.4 Å². The lowest BCUT2D eigenvalue weighted by molar-refractivity contribution is -0.146. The van der Waals surface area contributed by atoms with Gasteiger partial charge in [-0.15, -0.1) is 0 Å². The molecular formula is C14H17IN2O4. The van der Waals surface area contributed by atoms with Crippen LogP contribution in [0, 0.1) is 16.7 Å². The summed E-state index contributed by atoms with van der Waals surface area (Å²) >= 11 is 2.10. The fraction of sp³-hybridized carbons (Fsp3) is 0.429. The molecule has 21 heavy (non-hydrogen) atoms. The van der Waals surface area contributed by atoms with Crippen LogP contribution in [0.25, 0.3) is 0 Å². The van der Waals surface area contributed by atoms with Crippen LogP contribution < -0.4 is 0 Å². The number of carbonyl (C=O) groups is 2. The molecule has 0 rings (SSSR count). The van der Waals surface area contributed by atoms with Crippen LogP contribution in [0.5, 0.6) is 0 Å². The largest absolute Gasteiger partial charge is 0.461 e. The lowest BCUT2D eigenvalue weighted by Crippen LogP contribution is -2.33. The van der Waals surface area contributed by atoms with E-state index in [1.54, 1.807) is 13.0 Å². The quantitative estimate of drug-likeness (QED) is 0.154. The molecule has 0 bridgehead atoms. The molecule has 0 aromatic heterocycles. The summed E-state index contributed by atoms with van der Waals surface area (Å²) in [7, 11) is 1.52. The fourth-order valence-electron chi connectivity index (χ4n) is 1.03. The van der Waals surface area contributed by atoms with E-state index >= 15 is 0 Å². The lowest BCUT2D eigenvalue weighted by Gasteiger charge is -2.26. The van der Waals surface area contributed by atoms with Gasteiger partial charge in [-0.3, -0.25) is 4.99 Å². The van der Waals surface area contributed by atoms with Gasteiger partial charge in [-0.2, -0.15) is 5.26 Å². The molecule has 6 nitrogen and oxygen atoms in total. The molecule has 0 aromatic rings. The van der Waals surface area contributed by atoms with Crippen LogP contribution in [0.15, 0.2) is 29.3 Å². The normalized spacial score (nSPS) is 13.0. The number of carbonyl (C=O) groups excluding carboxylic acids is 2. The zero-order valence-corrected chi connectivity index (χ0v) is 14.2. The van der Waals surface area contributed by atoms with E-state index in [4.69, 9.17) is 14.7 Å². The van der Waals surface area contributed by atoms with Crippen molar-refractivity contribution in [3.05, 3.63) is 24.3 Å². The summed E-state index contributed by atoms with van der Waals surface area (Å²) in [5, 5.41) is 8.54. The molecule has 0 heterocycles. The summed E-state index contributed by atoms with van der Waals surface area (Å²) in [6.07, 6.45) is 1.31. The van der Waals surface area contributed by atoms with Crippen LogP contribution in [0.3, 0.4) is 0 Å². The molecule has 1 unspecified atom stereocenters. The Bertz CT molecular complexity index is 508. The van der Waals surface area contributed by atoms with Crippen molar-refractivity contribution in [1.82, 2.24) is 0 Å². The third kappa shape index (κ3) is 7.04. The minimum absolute atomic E-state index is 0.0110. The topological polar surface area (TPSA) is 88.8 Å². The Morgan fingerprint density at radius 1 is 1.33 bits per heavy atom. The van der Waals surface area contributed by atoms with E-state index < -0.39 is 17.4 Å². The first kappa shape index (κ1) is 19.3. The van der Waals surface area contributed by atoms with Crippen molar-refractivity contribution in [2.45, 2.75) is 6.92 Å². The van der Waals surface area contributed by atoms with E-state index in [1.165, 1.54) is 13.3 Å². The standard InChI is InChI=1S/C14H17IN2O4/c1-10(5-16)12(18)20-8-14(3,7-15)9-21-13(19)11(2)6-17-4/h6H,1-2,7-9H2,3-4H3/b17-6+. The maximum absolute atomic E-state index is 11.6. The summed E-state index contributed by atoms with van der Waals surface area (Å²) in [5.74, 6) is -1.35. The second-order valence-corrected chi connectivity index (χ2v) is 5.36. The van der Waals surface area contributed by atoms with Gasteiger partial charge in [0.25, 0.3) is 0 Å². The molecule has 0 N–H and O–H groups in total. The third-order valence-corrected chi connectivity index (χ3v) is 4.20. The maximum Gasteiger partial charge on any atom is 0.348 e. The van der Waals surface area contributed by atoms with E-state index in [0.29, 0.717) is 4.43 Å². The lowest BCUT2D eigenvalue weighted by atomic mass is 9.96. The van der Waals surface area contributed by atoms with Crippen molar-refractivity contribution in [3.63, 3.8) is 0 Å². The van der Waals surface area contributed by atoms with Crippen LogP contribution in [-0.2, 0) is 19.1 Å². The Labute approximate surface area is 137 Å². The number of hydrogen-bond acceptors (Lipinski definition) is 6. The van der Waals surface area contributed by atoms with Crippen molar-refractivity contribution in [2.75, 3.05) is 24.7 Å². The first-order valence-electron chi connectivity index (χ1n) is 5.90. The van der Waals surface area contributed by atoms with E-state index in [9.17, 15) is 9.59 Å². The number of nitriles is 1. The van der Waals surface area contributed by atoms with Crippen LogP contribution in [0.2, 0.25) is 0 Å². The number of ether oxygens (including phenoxy) is 2. The van der Waals surface area contributed by atoms with Gasteiger partial charge < -0.3 is 9.47 Å². The van der Waals surface area contributed by atoms with Gasteiger partial charge in [0.15, 0.2) is 0 Å². The predicted molar refractivity (Wildman–Crippen MR) is 87.2 cm³/mol. The van der Waals surface area contributed by atoms with Crippen molar-refractivity contribution in [3.8, 4) is 6.07 Å². The smallest absolute Gasteiger partial charge is 0.348 e. The summed E-state index contributed by atoms with van der Waals surface area (Å²) in [4.78, 5) is 26.7. The van der Waals surface area contributed by atoms with Gasteiger partial charge >= 0.3 is 11.9 Å². The van der Waals surface area contributed by atoms with Crippen molar-refractivity contribution >= 4 is 40.7 Å². The molecule has 0 aliphatic rings. The molecule has 0 saturated carbocycles. The summed E-state index contributed by atoms with van der Waals surface area (Å²) in [6, 6.07) is 1.62. The highest BCUT2D eigenvalue weighted by atomic mass is 127. The SMILES string of the molecule is C=C(C#N)C(=O)OCC(C)(CI)COC(=O)C(=C)/C=N/C. The summed E-state index contributed by atoms with van der Waals surface area (Å²) < 4.78 is 10.7. The van der Waals surface area contributed by atoms with Crippen LogP contribution in [-0.4, -0.2) is 42.8 Å². The van der Waals surface area contributed by atoms with Crippen molar-refractivity contribution in [2.24, 2.45) is 10.4 Å². The minimum Gasteiger partial charge on any atom is -0.461 e. The molecule has 7 heteroatoms. The second-order valence-electron chi connectivity index (χ2n) is 4.60. The third-order valence-electron chi connectivity index (χ3n) is 2.35. The molecule has 0 aliphatic carbocycles. The summed E-state index contributed by atoms with van der Waals surface area (Å²) in [6.45, 7) is 8.65. The van der Waals surface area contributed by atoms with Gasteiger partial charge in [0.1, 0.15) is 24.9 Å². The second kappa shape index (κ2) is 9.28. The van der Waals surface area contributed by atoms with Gasteiger partial charge in [-0.25, -0.2) is 9.59 Å². The zero-order valence-electron chi connectivity index (χ0n) is 12.0. The number of hydrogen-bond donors (Lipinski definition) is 0. The Balaban J connectivity index is 4.51. The molecule has 0 fully saturated rings. The van der Waals surface area contributed by atoms with Crippen LogP contribution >= 0.6 is 22.6 Å². The molecule has 0 spiro atoms. The van der Waals surface area contributed by atoms with E-state index in [2.05, 4.69) is 40.7 Å². The monoisotopic (exact) mass is 404 g/mol. The molecule has 0 radical (unpaired) electrons. The number of aliphatic imine (C=N–C) groups is 1. The first-order valence-corrected chi connectivity index (χ1v) is 7.42. The Kier molecular flexibility index (Phi) is 8.54. The Morgan fingerprint density at radius 3 is 2.29 bits per heavy atom. The van der Waals surface area contributed by atoms with Crippen LogP contribution in [0.4, 0.5) is 0 Å². The van der Waals surface area contributed by atoms with E-state index in [0.717, 1.165) is 0 Å². The highest BCUT2D eigenvalue weighted by Crippen LogP contribution is 2.21. The van der Waals surface area contributed by atoms with E-state index in [1.807, 2.05) is 0 Å². The highest BCUT2D eigenvalue weighted by Gasteiger charge is 2.28. The van der Waals surface area contributed by atoms with Crippen molar-refractivity contribution in [1.29, 1.82) is 5.26 Å². The zero-order chi connectivity index (χ0) is 16.5. The molecular weight excluding hydrogens is 387 g/mol. The molecule has 0 aliphatic heterocycles. The molecule has 1 atom stereocenters. The Hall–Kier alpha value is -1.69. The number of nitrogens with zero attached hydrogens (tertiary/aromatic N) is 2. The van der Waals surface area contributed by atoms with Gasteiger partial charge in [-0.1, -0.05) is 42.7 Å². The highest BCUT2D eigenvalue weighted by molar-refractivity contribution is 14.1. The number of esters is 2. The number of halogens is 1. The summed E-state index contributed by atoms with van der Waals surface area (Å²) in [5.41, 5.74) is -0.691. The average Bonchev–Trinajstić information content (AvgIpc) is 2.49. The Morgan fingerprint density at radius 2 is 1.86 bits per heavy atom. The molecule has 114 valence electrons. The minimum atomic E-state index is -0.776. The molecule has 0 aromatic carbocycles. The fourth-order valence-corrected chi connectivity index (χ4v) is 1.47. The first-order chi connectivity index (χ1) is 9.79. The van der Waals surface area contributed by atoms with Crippen LogP contribution in [0.1, 0.15) is 6.92 Å². The van der Waals surface area contributed by atoms with Gasteiger partial charge in [0.2, 0.25) is 0 Å². The maximum atomic E-state index is 11.6. The molecule has 0 amide bonds. The predicted octanol–water partition coefficient (Wildman–Crippen LogP) is 1.85. The van der Waals surface area contributed by atoms with Gasteiger partial charge in [0.05, 0.1) is 5.57 Å². The average molecular weight is 404 g/mol. The number of rotatable bonds is 8. The molecule has 0 saturated heterocycles. The number of alkyl halides is 1.